The van der Waals surface area contributed by atoms with Gasteiger partial charge in [-0.05, 0) is 12.8 Å². The highest BCUT2D eigenvalue weighted by molar-refractivity contribution is 5.43. The average Bonchev–Trinajstić information content (AvgIpc) is 2.05. The van der Waals surface area contributed by atoms with Crippen molar-refractivity contribution < 1.29 is 4.39 Å². The van der Waals surface area contributed by atoms with Gasteiger partial charge in [-0.15, -0.1) is 0 Å². The Labute approximate surface area is 76.6 Å². The van der Waals surface area contributed by atoms with Crippen LogP contribution in [0.25, 0.3) is 0 Å². The standard InChI is InChI=1S/C9H12FN3/c1-6-3-13(4-6)9-8(10)7(2)11-5-12-9/h5-6H,3-4H2,1-2H3. The van der Waals surface area contributed by atoms with Crippen LogP contribution in [0.2, 0.25) is 0 Å². The van der Waals surface area contributed by atoms with Gasteiger partial charge in [0.05, 0.1) is 5.69 Å². The number of nitrogens with zero attached hydrogens (tertiary/aromatic N) is 3. The van der Waals surface area contributed by atoms with Gasteiger partial charge >= 0.3 is 0 Å². The van der Waals surface area contributed by atoms with Crippen LogP contribution in [0.5, 0.6) is 0 Å². The van der Waals surface area contributed by atoms with Gasteiger partial charge in [0.15, 0.2) is 11.6 Å². The van der Waals surface area contributed by atoms with Crippen LogP contribution in [-0.2, 0) is 0 Å². The van der Waals surface area contributed by atoms with Crippen LogP contribution in [0.15, 0.2) is 6.33 Å². The summed E-state index contributed by atoms with van der Waals surface area (Å²) < 4.78 is 13.4. The second-order valence-corrected chi connectivity index (χ2v) is 3.61. The lowest BCUT2D eigenvalue weighted by Gasteiger charge is -2.38. The summed E-state index contributed by atoms with van der Waals surface area (Å²) in [7, 11) is 0. The molecule has 0 radical (unpaired) electrons. The molecule has 70 valence electrons. The molecule has 1 aliphatic heterocycles. The molecule has 0 amide bonds. The lowest BCUT2D eigenvalue weighted by molar-refractivity contribution is 0.432. The van der Waals surface area contributed by atoms with Crippen molar-refractivity contribution in [3.63, 3.8) is 0 Å². The van der Waals surface area contributed by atoms with E-state index < -0.39 is 0 Å². The molecule has 0 spiro atoms. The minimum atomic E-state index is -0.283. The van der Waals surface area contributed by atoms with E-state index in [0.717, 1.165) is 13.1 Å². The summed E-state index contributed by atoms with van der Waals surface area (Å²) in [5, 5.41) is 0. The highest BCUT2D eigenvalue weighted by atomic mass is 19.1. The van der Waals surface area contributed by atoms with Gasteiger partial charge in [-0.3, -0.25) is 0 Å². The Morgan fingerprint density at radius 3 is 2.77 bits per heavy atom. The summed E-state index contributed by atoms with van der Waals surface area (Å²) in [5.41, 5.74) is 0.421. The van der Waals surface area contributed by atoms with E-state index in [9.17, 15) is 4.39 Å². The van der Waals surface area contributed by atoms with Crippen molar-refractivity contribution in [3.05, 3.63) is 17.8 Å². The third kappa shape index (κ3) is 1.36. The van der Waals surface area contributed by atoms with E-state index in [0.29, 0.717) is 17.4 Å². The number of hydrogen-bond acceptors (Lipinski definition) is 3. The third-order valence-corrected chi connectivity index (χ3v) is 2.31. The Hall–Kier alpha value is -1.19. The van der Waals surface area contributed by atoms with Crippen molar-refractivity contribution in [2.24, 2.45) is 5.92 Å². The molecule has 1 saturated heterocycles. The van der Waals surface area contributed by atoms with E-state index in [1.807, 2.05) is 4.90 Å². The van der Waals surface area contributed by atoms with E-state index in [2.05, 4.69) is 16.9 Å². The molecule has 0 unspecified atom stereocenters. The van der Waals surface area contributed by atoms with Crippen molar-refractivity contribution in [2.45, 2.75) is 13.8 Å². The highest BCUT2D eigenvalue weighted by Gasteiger charge is 2.26. The maximum atomic E-state index is 13.4. The molecular formula is C9H12FN3. The zero-order valence-corrected chi connectivity index (χ0v) is 7.79. The molecule has 4 heteroatoms. The molecule has 0 atom stereocenters. The van der Waals surface area contributed by atoms with Crippen LogP contribution in [-0.4, -0.2) is 23.1 Å². The summed E-state index contributed by atoms with van der Waals surface area (Å²) in [6.07, 6.45) is 1.41. The van der Waals surface area contributed by atoms with E-state index >= 15 is 0 Å². The lowest BCUT2D eigenvalue weighted by atomic mass is 10.0. The average molecular weight is 181 g/mol. The van der Waals surface area contributed by atoms with Gasteiger partial charge in [0.25, 0.3) is 0 Å². The van der Waals surface area contributed by atoms with Crippen LogP contribution < -0.4 is 4.90 Å². The maximum absolute atomic E-state index is 13.4. The lowest BCUT2D eigenvalue weighted by Crippen LogP contribution is -2.46. The first-order valence-electron chi connectivity index (χ1n) is 4.40. The van der Waals surface area contributed by atoms with Crippen molar-refractivity contribution >= 4 is 5.82 Å². The Morgan fingerprint density at radius 2 is 2.15 bits per heavy atom. The third-order valence-electron chi connectivity index (χ3n) is 2.31. The molecular weight excluding hydrogens is 169 g/mol. The number of hydrogen-bond donors (Lipinski definition) is 0. The highest BCUT2D eigenvalue weighted by Crippen LogP contribution is 2.24. The Kier molecular flexibility index (Phi) is 1.90. The predicted molar refractivity (Wildman–Crippen MR) is 48.1 cm³/mol. The first-order chi connectivity index (χ1) is 6.18. The van der Waals surface area contributed by atoms with Crippen LogP contribution >= 0.6 is 0 Å². The van der Waals surface area contributed by atoms with Crippen molar-refractivity contribution in [1.82, 2.24) is 9.97 Å². The summed E-state index contributed by atoms with van der Waals surface area (Å²) in [6.45, 7) is 5.59. The van der Waals surface area contributed by atoms with Crippen molar-refractivity contribution in [2.75, 3.05) is 18.0 Å². The number of aryl methyl sites for hydroxylation is 1. The molecule has 1 aromatic heterocycles. The molecule has 1 aliphatic rings. The SMILES string of the molecule is Cc1ncnc(N2CC(C)C2)c1F. The molecule has 13 heavy (non-hydrogen) atoms. The van der Waals surface area contributed by atoms with Crippen LogP contribution in [0.1, 0.15) is 12.6 Å². The van der Waals surface area contributed by atoms with E-state index in [1.54, 1.807) is 6.92 Å². The van der Waals surface area contributed by atoms with Gasteiger partial charge < -0.3 is 4.90 Å². The van der Waals surface area contributed by atoms with Crippen LogP contribution in [0.3, 0.4) is 0 Å². The van der Waals surface area contributed by atoms with Gasteiger partial charge in [0.1, 0.15) is 6.33 Å². The van der Waals surface area contributed by atoms with Gasteiger partial charge in [-0.1, -0.05) is 6.92 Å². The Morgan fingerprint density at radius 1 is 1.46 bits per heavy atom. The van der Waals surface area contributed by atoms with Crippen LogP contribution in [0.4, 0.5) is 10.2 Å². The van der Waals surface area contributed by atoms with Crippen LogP contribution in [0, 0.1) is 18.7 Å². The number of halogens is 1. The predicted octanol–water partition coefficient (Wildman–Crippen LogP) is 1.38. The fraction of sp³-hybridized carbons (Fsp3) is 0.556. The molecule has 0 N–H and O–H groups in total. The number of rotatable bonds is 1. The minimum Gasteiger partial charge on any atom is -0.353 e. The van der Waals surface area contributed by atoms with E-state index in [-0.39, 0.29) is 5.82 Å². The normalized spacial score (nSPS) is 17.3. The molecule has 0 saturated carbocycles. The Bertz CT molecular complexity index is 321. The first-order valence-corrected chi connectivity index (χ1v) is 4.40. The fourth-order valence-corrected chi connectivity index (χ4v) is 1.54. The molecule has 2 rings (SSSR count). The Balaban J connectivity index is 2.26. The molecule has 2 heterocycles. The summed E-state index contributed by atoms with van der Waals surface area (Å²) >= 11 is 0. The molecule has 1 fully saturated rings. The summed E-state index contributed by atoms with van der Waals surface area (Å²) in [5.74, 6) is 0.815. The van der Waals surface area contributed by atoms with E-state index in [4.69, 9.17) is 0 Å². The monoisotopic (exact) mass is 181 g/mol. The van der Waals surface area contributed by atoms with Gasteiger partial charge in [0.2, 0.25) is 0 Å². The fourth-order valence-electron chi connectivity index (χ4n) is 1.54. The van der Waals surface area contributed by atoms with Gasteiger partial charge in [-0.2, -0.15) is 0 Å². The van der Waals surface area contributed by atoms with Gasteiger partial charge in [0, 0.05) is 13.1 Å². The molecule has 0 aromatic carbocycles. The van der Waals surface area contributed by atoms with E-state index in [1.165, 1.54) is 6.33 Å². The quantitative estimate of drug-likeness (QED) is 0.655. The molecule has 0 bridgehead atoms. The topological polar surface area (TPSA) is 29.0 Å². The molecule has 0 aliphatic carbocycles. The second kappa shape index (κ2) is 2.94. The number of anilines is 1. The second-order valence-electron chi connectivity index (χ2n) is 3.61. The zero-order valence-electron chi connectivity index (χ0n) is 7.79. The van der Waals surface area contributed by atoms with Crippen molar-refractivity contribution in [1.29, 1.82) is 0 Å². The largest absolute Gasteiger partial charge is 0.353 e. The smallest absolute Gasteiger partial charge is 0.186 e. The zero-order chi connectivity index (χ0) is 9.42. The number of aromatic nitrogens is 2. The van der Waals surface area contributed by atoms with Crippen molar-refractivity contribution in [3.8, 4) is 0 Å². The van der Waals surface area contributed by atoms with Gasteiger partial charge in [-0.25, -0.2) is 14.4 Å². The first kappa shape index (κ1) is 8.41. The molecule has 1 aromatic rings. The summed E-state index contributed by atoms with van der Waals surface area (Å²) in [4.78, 5) is 9.66. The minimum absolute atomic E-state index is 0.283. The summed E-state index contributed by atoms with van der Waals surface area (Å²) in [6, 6.07) is 0. The maximum Gasteiger partial charge on any atom is 0.186 e. The molecule has 3 nitrogen and oxygen atoms in total.